The second-order valence-corrected chi connectivity index (χ2v) is 6.26. The van der Waals surface area contributed by atoms with Crippen molar-refractivity contribution in [1.29, 1.82) is 0 Å². The van der Waals surface area contributed by atoms with Gasteiger partial charge in [-0.15, -0.1) is 0 Å². The Kier molecular flexibility index (Phi) is 3.82. The average Bonchev–Trinajstić information content (AvgIpc) is 3.13. The molecule has 1 fully saturated rings. The van der Waals surface area contributed by atoms with Crippen LogP contribution in [0.5, 0.6) is 0 Å². The molecule has 0 aromatic carbocycles. The number of aromatic nitrogens is 4. The Morgan fingerprint density at radius 1 is 1.33 bits per heavy atom. The fourth-order valence-corrected chi connectivity index (χ4v) is 3.18. The lowest BCUT2D eigenvalue weighted by atomic mass is 9.97. The summed E-state index contributed by atoms with van der Waals surface area (Å²) >= 11 is 0. The number of carbonyl (C=O) groups excluding carboxylic acids is 2. The van der Waals surface area contributed by atoms with Crippen molar-refractivity contribution in [3.05, 3.63) is 41.2 Å². The molecule has 3 heterocycles. The van der Waals surface area contributed by atoms with Crippen molar-refractivity contribution >= 4 is 11.8 Å². The molecule has 8 nitrogen and oxygen atoms in total. The summed E-state index contributed by atoms with van der Waals surface area (Å²) in [5.41, 5.74) is 6.00. The van der Waals surface area contributed by atoms with Crippen LogP contribution in [0.3, 0.4) is 0 Å². The molecule has 0 saturated carbocycles. The van der Waals surface area contributed by atoms with Gasteiger partial charge in [0.2, 0.25) is 0 Å². The molecular weight excluding hydrogens is 308 g/mol. The Bertz CT molecular complexity index is 815. The van der Waals surface area contributed by atoms with E-state index >= 15 is 0 Å². The zero-order chi connectivity index (χ0) is 17.5. The summed E-state index contributed by atoms with van der Waals surface area (Å²) in [5.74, 6) is -0.280. The van der Waals surface area contributed by atoms with Crippen molar-refractivity contribution in [1.82, 2.24) is 24.6 Å². The van der Waals surface area contributed by atoms with Crippen LogP contribution in [0, 0.1) is 6.92 Å². The fraction of sp³-hybridized carbons (Fsp3) is 0.438. The number of nitrogens with two attached hydrogens (primary N) is 1. The van der Waals surface area contributed by atoms with E-state index in [0.717, 1.165) is 12.8 Å². The minimum absolute atomic E-state index is 0.124. The van der Waals surface area contributed by atoms with Gasteiger partial charge in [-0.2, -0.15) is 5.10 Å². The van der Waals surface area contributed by atoms with E-state index in [4.69, 9.17) is 5.73 Å². The zero-order valence-electron chi connectivity index (χ0n) is 14.0. The summed E-state index contributed by atoms with van der Waals surface area (Å²) in [6, 6.07) is 3.24. The molecule has 0 spiro atoms. The van der Waals surface area contributed by atoms with E-state index in [-0.39, 0.29) is 11.6 Å². The highest BCUT2D eigenvalue weighted by Crippen LogP contribution is 2.37. The predicted molar refractivity (Wildman–Crippen MR) is 86.1 cm³/mol. The van der Waals surface area contributed by atoms with Crippen molar-refractivity contribution in [2.24, 2.45) is 12.8 Å². The third-order valence-corrected chi connectivity index (χ3v) is 4.51. The molecule has 2 amide bonds. The maximum Gasteiger partial charge on any atom is 0.272 e. The molecule has 0 radical (unpaired) electrons. The van der Waals surface area contributed by atoms with E-state index in [9.17, 15) is 9.59 Å². The highest BCUT2D eigenvalue weighted by atomic mass is 16.2. The van der Waals surface area contributed by atoms with E-state index in [2.05, 4.69) is 15.1 Å². The van der Waals surface area contributed by atoms with Crippen LogP contribution in [0.1, 0.15) is 52.3 Å². The molecule has 1 saturated heterocycles. The first kappa shape index (κ1) is 16.1. The number of carbonyl (C=O) groups is 2. The molecule has 1 aliphatic rings. The lowest BCUT2D eigenvalue weighted by Crippen LogP contribution is -2.45. The molecule has 0 aliphatic carbocycles. The smallest absolute Gasteiger partial charge is 0.272 e. The minimum Gasteiger partial charge on any atom is -0.364 e. The van der Waals surface area contributed by atoms with Crippen molar-refractivity contribution in [2.75, 3.05) is 6.54 Å². The van der Waals surface area contributed by atoms with Gasteiger partial charge in [-0.3, -0.25) is 14.3 Å². The van der Waals surface area contributed by atoms with E-state index in [1.807, 2.05) is 6.92 Å². The number of aryl methyl sites for hydroxylation is 2. The Balaban J connectivity index is 2.04. The van der Waals surface area contributed by atoms with Crippen LogP contribution < -0.4 is 5.73 Å². The lowest BCUT2D eigenvalue weighted by molar-refractivity contribution is 0.0592. The molecule has 0 bridgehead atoms. The number of rotatable bonds is 3. The largest absolute Gasteiger partial charge is 0.364 e. The summed E-state index contributed by atoms with van der Waals surface area (Å²) in [6.45, 7) is 4.31. The van der Waals surface area contributed by atoms with E-state index in [1.165, 1.54) is 0 Å². The first-order chi connectivity index (χ1) is 11.3. The van der Waals surface area contributed by atoms with Crippen LogP contribution >= 0.6 is 0 Å². The topological polar surface area (TPSA) is 107 Å². The SMILES string of the molecule is Cc1cc(C(N)=O)nc([C@]2(C)CCCN2C(=O)c2ccnn2C)n1. The molecule has 2 aromatic rings. The molecule has 8 heteroatoms. The number of hydrogen-bond donors (Lipinski definition) is 1. The summed E-state index contributed by atoms with van der Waals surface area (Å²) < 4.78 is 1.55. The first-order valence-electron chi connectivity index (χ1n) is 7.79. The van der Waals surface area contributed by atoms with E-state index in [0.29, 0.717) is 23.8 Å². The first-order valence-corrected chi connectivity index (χ1v) is 7.79. The number of amides is 2. The number of hydrogen-bond acceptors (Lipinski definition) is 5. The highest BCUT2D eigenvalue weighted by molar-refractivity contribution is 5.93. The van der Waals surface area contributed by atoms with Gasteiger partial charge in [-0.1, -0.05) is 0 Å². The predicted octanol–water partition coefficient (Wildman–Crippen LogP) is 0.769. The van der Waals surface area contributed by atoms with Crippen LogP contribution in [0.2, 0.25) is 0 Å². The van der Waals surface area contributed by atoms with Crippen LogP contribution in [0.15, 0.2) is 18.3 Å². The molecular formula is C16H20N6O2. The van der Waals surface area contributed by atoms with Gasteiger partial charge in [-0.05, 0) is 38.8 Å². The van der Waals surface area contributed by atoms with Crippen LogP contribution in [-0.2, 0) is 12.6 Å². The van der Waals surface area contributed by atoms with Gasteiger partial charge in [-0.25, -0.2) is 9.97 Å². The molecule has 0 unspecified atom stereocenters. The molecule has 24 heavy (non-hydrogen) atoms. The van der Waals surface area contributed by atoms with Gasteiger partial charge in [0.1, 0.15) is 16.9 Å². The fourth-order valence-electron chi connectivity index (χ4n) is 3.18. The van der Waals surface area contributed by atoms with Gasteiger partial charge in [0.25, 0.3) is 11.8 Å². The van der Waals surface area contributed by atoms with E-state index in [1.54, 1.807) is 41.9 Å². The van der Waals surface area contributed by atoms with Crippen molar-refractivity contribution in [3.8, 4) is 0 Å². The Morgan fingerprint density at radius 2 is 2.08 bits per heavy atom. The minimum atomic E-state index is -0.683. The van der Waals surface area contributed by atoms with E-state index < -0.39 is 11.4 Å². The number of nitrogens with zero attached hydrogens (tertiary/aromatic N) is 5. The monoisotopic (exact) mass is 328 g/mol. The average molecular weight is 328 g/mol. The normalized spacial score (nSPS) is 20.4. The number of primary amides is 1. The second kappa shape index (κ2) is 5.70. The molecule has 1 aliphatic heterocycles. The maximum atomic E-state index is 12.9. The third kappa shape index (κ3) is 2.53. The van der Waals surface area contributed by atoms with Crippen LogP contribution in [0.25, 0.3) is 0 Å². The molecule has 3 rings (SSSR count). The zero-order valence-corrected chi connectivity index (χ0v) is 14.0. The quantitative estimate of drug-likeness (QED) is 0.895. The van der Waals surface area contributed by atoms with Crippen molar-refractivity contribution in [2.45, 2.75) is 32.2 Å². The Labute approximate surface area is 139 Å². The summed E-state index contributed by atoms with van der Waals surface area (Å²) in [4.78, 5) is 35.0. The highest BCUT2D eigenvalue weighted by Gasteiger charge is 2.44. The molecule has 126 valence electrons. The third-order valence-electron chi connectivity index (χ3n) is 4.51. The second-order valence-electron chi connectivity index (χ2n) is 6.26. The molecule has 1 atom stereocenters. The Hall–Kier alpha value is -2.77. The van der Waals surface area contributed by atoms with Crippen molar-refractivity contribution in [3.63, 3.8) is 0 Å². The summed E-state index contributed by atoms with van der Waals surface area (Å²) in [6.07, 6.45) is 3.15. The van der Waals surface area contributed by atoms with Gasteiger partial charge in [0, 0.05) is 25.5 Å². The standard InChI is InChI=1S/C16H20N6O2/c1-10-9-11(13(17)23)20-15(19-10)16(2)6-4-8-22(16)14(24)12-5-7-18-21(12)3/h5,7,9H,4,6,8H2,1-3H3,(H2,17,23)/t16-/m0/s1. The molecule has 2 N–H and O–H groups in total. The van der Waals surface area contributed by atoms with Crippen LogP contribution in [0.4, 0.5) is 0 Å². The Morgan fingerprint density at radius 3 is 2.71 bits per heavy atom. The number of likely N-dealkylation sites (tertiary alicyclic amines) is 1. The molecule has 2 aromatic heterocycles. The van der Waals surface area contributed by atoms with Gasteiger partial charge in [0.05, 0.1) is 0 Å². The maximum absolute atomic E-state index is 12.9. The van der Waals surface area contributed by atoms with Gasteiger partial charge < -0.3 is 10.6 Å². The summed E-state index contributed by atoms with van der Waals surface area (Å²) in [7, 11) is 1.73. The lowest BCUT2D eigenvalue weighted by Gasteiger charge is -2.34. The van der Waals surface area contributed by atoms with Gasteiger partial charge in [0.15, 0.2) is 5.82 Å². The van der Waals surface area contributed by atoms with Gasteiger partial charge >= 0.3 is 0 Å². The van der Waals surface area contributed by atoms with Crippen LogP contribution in [-0.4, -0.2) is 43.0 Å². The van der Waals surface area contributed by atoms with Crippen molar-refractivity contribution < 1.29 is 9.59 Å². The summed E-state index contributed by atoms with van der Waals surface area (Å²) in [5, 5.41) is 4.06.